The van der Waals surface area contributed by atoms with Crippen molar-refractivity contribution in [2.45, 2.75) is 66.0 Å². The molecule has 0 amide bonds. The zero-order valence-corrected chi connectivity index (χ0v) is 12.2. The Labute approximate surface area is 103 Å². The van der Waals surface area contributed by atoms with Crippen LogP contribution in [0.15, 0.2) is 0 Å². The molecule has 2 atom stereocenters. The molecule has 1 N–H and O–H groups in total. The van der Waals surface area contributed by atoms with E-state index in [2.05, 4.69) is 51.9 Å². The number of nitrogens with one attached hydrogen (secondary N) is 1. The van der Waals surface area contributed by atoms with Gasteiger partial charge in [-0.25, -0.2) is 0 Å². The van der Waals surface area contributed by atoms with E-state index in [0.29, 0.717) is 12.1 Å². The largest absolute Gasteiger partial charge is 0.315 e. The molecule has 0 aromatic heterocycles. The molecule has 0 fully saturated rings. The molecule has 2 nitrogen and oxygen atoms in total. The molecule has 0 spiro atoms. The van der Waals surface area contributed by atoms with E-state index < -0.39 is 0 Å². The second-order valence-corrected chi connectivity index (χ2v) is 5.55. The summed E-state index contributed by atoms with van der Waals surface area (Å²) in [7, 11) is 2.26. The Balaban J connectivity index is 3.58. The topological polar surface area (TPSA) is 15.3 Å². The normalized spacial score (nSPS) is 15.8. The van der Waals surface area contributed by atoms with E-state index >= 15 is 0 Å². The number of hydrogen-bond acceptors (Lipinski definition) is 2. The Morgan fingerprint density at radius 2 is 1.75 bits per heavy atom. The first-order chi connectivity index (χ1) is 7.47. The first-order valence-electron chi connectivity index (χ1n) is 6.91. The molecule has 0 saturated carbocycles. The lowest BCUT2D eigenvalue weighted by molar-refractivity contribution is 0.210. The van der Waals surface area contributed by atoms with Gasteiger partial charge >= 0.3 is 0 Å². The second-order valence-electron chi connectivity index (χ2n) is 5.55. The molecule has 16 heavy (non-hydrogen) atoms. The first-order valence-corrected chi connectivity index (χ1v) is 6.91. The first kappa shape index (κ1) is 15.9. The third-order valence-electron chi connectivity index (χ3n) is 3.40. The van der Waals surface area contributed by atoms with Crippen molar-refractivity contribution in [2.75, 3.05) is 20.1 Å². The Hall–Kier alpha value is -0.0800. The summed E-state index contributed by atoms with van der Waals surface area (Å²) < 4.78 is 0. The fourth-order valence-corrected chi connectivity index (χ4v) is 1.81. The van der Waals surface area contributed by atoms with Crippen LogP contribution in [0.3, 0.4) is 0 Å². The van der Waals surface area contributed by atoms with E-state index in [4.69, 9.17) is 0 Å². The predicted octanol–water partition coefficient (Wildman–Crippen LogP) is 3.13. The molecule has 0 saturated heterocycles. The zero-order valence-electron chi connectivity index (χ0n) is 12.2. The Morgan fingerprint density at radius 3 is 2.25 bits per heavy atom. The van der Waals surface area contributed by atoms with Gasteiger partial charge in [0, 0.05) is 18.6 Å². The van der Waals surface area contributed by atoms with Crippen molar-refractivity contribution in [1.82, 2.24) is 10.2 Å². The van der Waals surface area contributed by atoms with Gasteiger partial charge in [0.15, 0.2) is 0 Å². The van der Waals surface area contributed by atoms with E-state index in [1.165, 1.54) is 25.8 Å². The van der Waals surface area contributed by atoms with Crippen LogP contribution in [0, 0.1) is 5.92 Å². The molecule has 0 aromatic carbocycles. The van der Waals surface area contributed by atoms with Crippen molar-refractivity contribution < 1.29 is 0 Å². The molecule has 2 heteroatoms. The third-order valence-corrected chi connectivity index (χ3v) is 3.40. The van der Waals surface area contributed by atoms with Crippen molar-refractivity contribution in [3.05, 3.63) is 0 Å². The van der Waals surface area contributed by atoms with Crippen molar-refractivity contribution >= 4 is 0 Å². The van der Waals surface area contributed by atoms with Crippen LogP contribution in [0.5, 0.6) is 0 Å². The van der Waals surface area contributed by atoms with Crippen molar-refractivity contribution in [3.63, 3.8) is 0 Å². The van der Waals surface area contributed by atoms with E-state index in [1.54, 1.807) is 0 Å². The molecule has 98 valence electrons. The highest BCUT2D eigenvalue weighted by Crippen LogP contribution is 2.09. The van der Waals surface area contributed by atoms with Gasteiger partial charge < -0.3 is 10.2 Å². The summed E-state index contributed by atoms with van der Waals surface area (Å²) in [5.41, 5.74) is 0. The smallest absolute Gasteiger partial charge is 0.00644 e. The van der Waals surface area contributed by atoms with Crippen LogP contribution in [-0.2, 0) is 0 Å². The van der Waals surface area contributed by atoms with Gasteiger partial charge in [-0.2, -0.15) is 0 Å². The maximum Gasteiger partial charge on any atom is 0.00644 e. The predicted molar refractivity (Wildman–Crippen MR) is 73.9 cm³/mol. The van der Waals surface area contributed by atoms with E-state index in [1.807, 2.05) is 0 Å². The highest BCUT2D eigenvalue weighted by molar-refractivity contribution is 4.67. The molecule has 0 aliphatic heterocycles. The molecule has 0 aliphatic carbocycles. The Morgan fingerprint density at radius 1 is 1.12 bits per heavy atom. The minimum Gasteiger partial charge on any atom is -0.315 e. The average molecular weight is 228 g/mol. The van der Waals surface area contributed by atoms with Crippen LogP contribution in [0.1, 0.15) is 53.9 Å². The summed E-state index contributed by atoms with van der Waals surface area (Å²) in [6.45, 7) is 13.8. The SMILES string of the molecule is CCC(C)CN(C)C(C)CCCNC(C)C. The van der Waals surface area contributed by atoms with Crippen molar-refractivity contribution in [3.8, 4) is 0 Å². The molecule has 0 bridgehead atoms. The summed E-state index contributed by atoms with van der Waals surface area (Å²) in [4.78, 5) is 2.50. The average Bonchev–Trinajstić information content (AvgIpc) is 2.23. The molecular formula is C14H32N2. The van der Waals surface area contributed by atoms with Crippen molar-refractivity contribution in [1.29, 1.82) is 0 Å². The quantitative estimate of drug-likeness (QED) is 0.610. The highest BCUT2D eigenvalue weighted by atomic mass is 15.1. The van der Waals surface area contributed by atoms with Gasteiger partial charge in [-0.15, -0.1) is 0 Å². The van der Waals surface area contributed by atoms with E-state index in [-0.39, 0.29) is 0 Å². The number of rotatable bonds is 9. The molecule has 0 aliphatic rings. The van der Waals surface area contributed by atoms with Gasteiger partial charge in [-0.3, -0.25) is 0 Å². The van der Waals surface area contributed by atoms with Gasteiger partial charge in [0.05, 0.1) is 0 Å². The molecule has 2 unspecified atom stereocenters. The standard InChI is InChI=1S/C14H32N2/c1-7-13(4)11-16(6)14(5)9-8-10-15-12(2)3/h12-15H,7-11H2,1-6H3. The summed E-state index contributed by atoms with van der Waals surface area (Å²) in [5, 5.41) is 3.47. The van der Waals surface area contributed by atoms with Gasteiger partial charge in [0.25, 0.3) is 0 Å². The lowest BCUT2D eigenvalue weighted by atomic mass is 10.1. The van der Waals surface area contributed by atoms with Gasteiger partial charge in [0.2, 0.25) is 0 Å². The summed E-state index contributed by atoms with van der Waals surface area (Å²) in [6.07, 6.45) is 3.86. The fraction of sp³-hybridized carbons (Fsp3) is 1.00. The molecule has 0 radical (unpaired) electrons. The molecular weight excluding hydrogens is 196 g/mol. The van der Waals surface area contributed by atoms with E-state index in [0.717, 1.165) is 12.5 Å². The maximum absolute atomic E-state index is 3.47. The maximum atomic E-state index is 3.47. The summed E-state index contributed by atoms with van der Waals surface area (Å²) >= 11 is 0. The van der Waals surface area contributed by atoms with Crippen LogP contribution in [0.2, 0.25) is 0 Å². The van der Waals surface area contributed by atoms with Crippen LogP contribution >= 0.6 is 0 Å². The monoisotopic (exact) mass is 228 g/mol. The van der Waals surface area contributed by atoms with Crippen LogP contribution < -0.4 is 5.32 Å². The Bertz CT molecular complexity index is 157. The second kappa shape index (κ2) is 9.00. The van der Waals surface area contributed by atoms with Crippen LogP contribution in [0.25, 0.3) is 0 Å². The summed E-state index contributed by atoms with van der Waals surface area (Å²) in [6, 6.07) is 1.33. The highest BCUT2D eigenvalue weighted by Gasteiger charge is 2.11. The minimum absolute atomic E-state index is 0.619. The van der Waals surface area contributed by atoms with Gasteiger partial charge in [-0.1, -0.05) is 34.1 Å². The van der Waals surface area contributed by atoms with Crippen LogP contribution in [-0.4, -0.2) is 37.1 Å². The van der Waals surface area contributed by atoms with Gasteiger partial charge in [0.1, 0.15) is 0 Å². The summed E-state index contributed by atoms with van der Waals surface area (Å²) in [5.74, 6) is 0.821. The fourth-order valence-electron chi connectivity index (χ4n) is 1.81. The minimum atomic E-state index is 0.619. The molecule has 0 rings (SSSR count). The molecule has 0 heterocycles. The van der Waals surface area contributed by atoms with Crippen LogP contribution in [0.4, 0.5) is 0 Å². The number of nitrogens with zero attached hydrogens (tertiary/aromatic N) is 1. The lowest BCUT2D eigenvalue weighted by Crippen LogP contribution is -2.33. The van der Waals surface area contributed by atoms with E-state index in [9.17, 15) is 0 Å². The Kier molecular flexibility index (Phi) is 8.96. The van der Waals surface area contributed by atoms with Gasteiger partial charge in [-0.05, 0) is 39.3 Å². The van der Waals surface area contributed by atoms with Crippen molar-refractivity contribution in [2.24, 2.45) is 5.92 Å². The third kappa shape index (κ3) is 8.12. The number of hydrogen-bond donors (Lipinski definition) is 1. The molecule has 0 aromatic rings. The zero-order chi connectivity index (χ0) is 12.6. The lowest BCUT2D eigenvalue weighted by Gasteiger charge is -2.27.